The first-order chi connectivity index (χ1) is 8.22. The Morgan fingerprint density at radius 2 is 1.94 bits per heavy atom. The molecule has 4 heteroatoms. The molecule has 0 saturated carbocycles. The summed E-state index contributed by atoms with van der Waals surface area (Å²) in [6.07, 6.45) is 3.66. The summed E-state index contributed by atoms with van der Waals surface area (Å²) in [5.74, 6) is -0.211. The maximum atomic E-state index is 12.1. The van der Waals surface area contributed by atoms with Gasteiger partial charge in [-0.2, -0.15) is 0 Å². The van der Waals surface area contributed by atoms with Crippen molar-refractivity contribution in [3.05, 3.63) is 35.4 Å². The number of imide groups is 1. The van der Waals surface area contributed by atoms with E-state index in [0.717, 1.165) is 24.8 Å². The second-order valence-corrected chi connectivity index (χ2v) is 4.68. The predicted molar refractivity (Wildman–Crippen MR) is 62.3 cm³/mol. The van der Waals surface area contributed by atoms with Crippen molar-refractivity contribution in [1.82, 2.24) is 10.6 Å². The molecule has 0 bridgehead atoms. The quantitative estimate of drug-likeness (QED) is 0.663. The first kappa shape index (κ1) is 10.3. The van der Waals surface area contributed by atoms with E-state index in [2.05, 4.69) is 10.6 Å². The van der Waals surface area contributed by atoms with Gasteiger partial charge in [-0.05, 0) is 36.8 Å². The predicted octanol–water partition coefficient (Wildman–Crippen LogP) is 1.45. The van der Waals surface area contributed by atoms with E-state index >= 15 is 0 Å². The summed E-state index contributed by atoms with van der Waals surface area (Å²) in [4.78, 5) is 23.5. The molecule has 2 N–H and O–H groups in total. The number of benzene rings is 1. The minimum atomic E-state index is -0.829. The Morgan fingerprint density at radius 1 is 1.12 bits per heavy atom. The molecule has 0 radical (unpaired) electrons. The lowest BCUT2D eigenvalue weighted by Crippen LogP contribution is -2.43. The Bertz CT molecular complexity index is 498. The zero-order chi connectivity index (χ0) is 11.9. The molecular formula is C13H14N2O2. The molecule has 2 aliphatic rings. The molecule has 1 aromatic rings. The molecule has 1 saturated heterocycles. The number of urea groups is 1. The highest BCUT2D eigenvalue weighted by molar-refractivity contribution is 6.07. The Kier molecular flexibility index (Phi) is 2.18. The van der Waals surface area contributed by atoms with Crippen molar-refractivity contribution >= 4 is 11.9 Å². The van der Waals surface area contributed by atoms with Crippen molar-refractivity contribution < 1.29 is 9.59 Å². The Morgan fingerprint density at radius 3 is 2.71 bits per heavy atom. The maximum absolute atomic E-state index is 12.1. The summed E-state index contributed by atoms with van der Waals surface area (Å²) in [6.45, 7) is 0. The maximum Gasteiger partial charge on any atom is 0.322 e. The summed E-state index contributed by atoms with van der Waals surface area (Å²) in [6, 6.07) is 7.51. The summed E-state index contributed by atoms with van der Waals surface area (Å²) in [5.41, 5.74) is 1.30. The molecule has 3 amide bonds. The van der Waals surface area contributed by atoms with Crippen molar-refractivity contribution in [3.63, 3.8) is 0 Å². The molecule has 1 aliphatic carbocycles. The van der Waals surface area contributed by atoms with E-state index in [4.69, 9.17) is 0 Å². The monoisotopic (exact) mass is 230 g/mol. The lowest BCUT2D eigenvalue weighted by molar-refractivity contribution is -0.124. The number of hydrogen-bond donors (Lipinski definition) is 2. The number of rotatable bonds is 0. The van der Waals surface area contributed by atoms with E-state index in [1.54, 1.807) is 0 Å². The van der Waals surface area contributed by atoms with Crippen molar-refractivity contribution in [3.8, 4) is 0 Å². The van der Waals surface area contributed by atoms with Crippen molar-refractivity contribution in [2.45, 2.75) is 31.2 Å². The highest BCUT2D eigenvalue weighted by Gasteiger charge is 2.48. The van der Waals surface area contributed by atoms with Gasteiger partial charge in [0.2, 0.25) is 0 Å². The first-order valence-corrected chi connectivity index (χ1v) is 5.94. The van der Waals surface area contributed by atoms with E-state index in [-0.39, 0.29) is 11.9 Å². The first-order valence-electron chi connectivity index (χ1n) is 5.94. The van der Waals surface area contributed by atoms with Crippen LogP contribution in [0.15, 0.2) is 24.3 Å². The zero-order valence-electron chi connectivity index (χ0n) is 9.45. The van der Waals surface area contributed by atoms with E-state index in [1.165, 1.54) is 5.56 Å². The van der Waals surface area contributed by atoms with Crippen LogP contribution in [0.5, 0.6) is 0 Å². The molecule has 1 fully saturated rings. The number of carbonyl (C=O) groups is 2. The average Bonchev–Trinajstić information content (AvgIpc) is 2.50. The van der Waals surface area contributed by atoms with Crippen LogP contribution in [-0.2, 0) is 16.8 Å². The van der Waals surface area contributed by atoms with Gasteiger partial charge in [0, 0.05) is 0 Å². The summed E-state index contributed by atoms with van der Waals surface area (Å²) in [7, 11) is 0. The van der Waals surface area contributed by atoms with Gasteiger partial charge in [0.05, 0.1) is 0 Å². The lowest BCUT2D eigenvalue weighted by atomic mass is 9.84. The van der Waals surface area contributed by atoms with Gasteiger partial charge < -0.3 is 5.32 Å². The molecule has 1 aromatic carbocycles. The molecular weight excluding hydrogens is 216 g/mol. The summed E-state index contributed by atoms with van der Waals surface area (Å²) < 4.78 is 0. The van der Waals surface area contributed by atoms with Gasteiger partial charge in [-0.3, -0.25) is 10.1 Å². The normalized spacial score (nSPS) is 27.3. The standard InChI is InChI=1S/C13H14N2O2/c16-11-13(15-12(17)14-11)8-4-3-6-9-5-1-2-7-10(9)13/h1-2,5,7H,3-4,6,8H2,(H2,14,15,16,17). The molecule has 88 valence electrons. The van der Waals surface area contributed by atoms with Crippen LogP contribution in [0.2, 0.25) is 0 Å². The van der Waals surface area contributed by atoms with E-state index in [0.29, 0.717) is 6.42 Å². The van der Waals surface area contributed by atoms with Crippen LogP contribution < -0.4 is 10.6 Å². The topological polar surface area (TPSA) is 58.2 Å². The number of carbonyl (C=O) groups excluding carboxylic acids is 2. The van der Waals surface area contributed by atoms with Gasteiger partial charge in [-0.15, -0.1) is 0 Å². The van der Waals surface area contributed by atoms with Crippen molar-refractivity contribution in [2.24, 2.45) is 0 Å². The SMILES string of the molecule is O=C1NC(=O)C2(CCCCc3ccccc32)N1. The van der Waals surface area contributed by atoms with Gasteiger partial charge in [0.15, 0.2) is 0 Å². The summed E-state index contributed by atoms with van der Waals surface area (Å²) >= 11 is 0. The molecule has 3 rings (SSSR count). The van der Waals surface area contributed by atoms with Gasteiger partial charge in [-0.1, -0.05) is 24.3 Å². The lowest BCUT2D eigenvalue weighted by Gasteiger charge is -2.26. The molecule has 17 heavy (non-hydrogen) atoms. The van der Waals surface area contributed by atoms with E-state index in [1.807, 2.05) is 24.3 Å². The molecule has 1 spiro atoms. The number of fused-ring (bicyclic) bond motifs is 2. The van der Waals surface area contributed by atoms with Crippen LogP contribution >= 0.6 is 0 Å². The fourth-order valence-electron chi connectivity index (χ4n) is 2.85. The average molecular weight is 230 g/mol. The zero-order valence-corrected chi connectivity index (χ0v) is 9.45. The molecule has 4 nitrogen and oxygen atoms in total. The molecule has 1 atom stereocenters. The fourth-order valence-corrected chi connectivity index (χ4v) is 2.85. The number of amides is 3. The van der Waals surface area contributed by atoms with Crippen molar-refractivity contribution in [1.29, 1.82) is 0 Å². The van der Waals surface area contributed by atoms with E-state index < -0.39 is 5.54 Å². The third-order valence-corrected chi connectivity index (χ3v) is 3.67. The number of hydrogen-bond acceptors (Lipinski definition) is 2. The van der Waals surface area contributed by atoms with Crippen LogP contribution in [0.1, 0.15) is 30.4 Å². The highest BCUT2D eigenvalue weighted by atomic mass is 16.2. The Hall–Kier alpha value is -1.84. The third kappa shape index (κ3) is 1.44. The molecule has 1 unspecified atom stereocenters. The third-order valence-electron chi connectivity index (χ3n) is 3.67. The summed E-state index contributed by atoms with van der Waals surface area (Å²) in [5, 5.41) is 5.17. The minimum Gasteiger partial charge on any atom is -0.319 e. The Balaban J connectivity index is 2.17. The number of aryl methyl sites for hydroxylation is 1. The van der Waals surface area contributed by atoms with E-state index in [9.17, 15) is 9.59 Å². The fraction of sp³-hybridized carbons (Fsp3) is 0.385. The second-order valence-electron chi connectivity index (χ2n) is 4.68. The Labute approximate surface area is 99.4 Å². The van der Waals surface area contributed by atoms with Crippen LogP contribution in [0.4, 0.5) is 4.79 Å². The number of nitrogens with one attached hydrogen (secondary N) is 2. The minimum absolute atomic E-state index is 0.211. The van der Waals surface area contributed by atoms with Gasteiger partial charge in [0.25, 0.3) is 5.91 Å². The van der Waals surface area contributed by atoms with Crippen LogP contribution in [0.3, 0.4) is 0 Å². The molecule has 0 aromatic heterocycles. The van der Waals surface area contributed by atoms with Crippen LogP contribution in [-0.4, -0.2) is 11.9 Å². The van der Waals surface area contributed by atoms with Gasteiger partial charge >= 0.3 is 6.03 Å². The van der Waals surface area contributed by atoms with Crippen molar-refractivity contribution in [2.75, 3.05) is 0 Å². The van der Waals surface area contributed by atoms with Gasteiger partial charge in [-0.25, -0.2) is 4.79 Å². The van der Waals surface area contributed by atoms with Gasteiger partial charge in [0.1, 0.15) is 5.54 Å². The highest BCUT2D eigenvalue weighted by Crippen LogP contribution is 2.36. The largest absolute Gasteiger partial charge is 0.322 e. The molecule has 1 aliphatic heterocycles. The second kappa shape index (κ2) is 3.58. The smallest absolute Gasteiger partial charge is 0.319 e. The van der Waals surface area contributed by atoms with Crippen LogP contribution in [0.25, 0.3) is 0 Å². The molecule has 1 heterocycles. The van der Waals surface area contributed by atoms with Crippen LogP contribution in [0, 0.1) is 0 Å².